The quantitative estimate of drug-likeness (QED) is 0.636. The second-order valence-corrected chi connectivity index (χ2v) is 9.82. The first-order valence-corrected chi connectivity index (χ1v) is 11.8. The van der Waals surface area contributed by atoms with Gasteiger partial charge in [-0.15, -0.1) is 0 Å². The summed E-state index contributed by atoms with van der Waals surface area (Å²) in [7, 11) is 0. The van der Waals surface area contributed by atoms with Crippen molar-refractivity contribution >= 4 is 0 Å². The predicted molar refractivity (Wildman–Crippen MR) is 122 cm³/mol. The molecular weight excluding hydrogens is 400 g/mol. The smallest absolute Gasteiger partial charge is 0.258 e. The number of piperidine rings is 1. The number of furan rings is 1. The van der Waals surface area contributed by atoms with Crippen LogP contribution in [0.3, 0.4) is 0 Å². The second-order valence-electron chi connectivity index (χ2n) is 9.82. The SMILES string of the molecule is O=c1c2c(nc3n1CC1(CCN(Cc4ccco4)CC1)C3)CCN(Cc1ccccc1)C2. The van der Waals surface area contributed by atoms with Crippen molar-refractivity contribution in [3.63, 3.8) is 0 Å². The van der Waals surface area contributed by atoms with E-state index in [9.17, 15) is 4.79 Å². The summed E-state index contributed by atoms with van der Waals surface area (Å²) >= 11 is 0. The Bertz CT molecular complexity index is 1140. The molecule has 1 saturated heterocycles. The van der Waals surface area contributed by atoms with E-state index >= 15 is 0 Å². The number of fused-ring (bicyclic) bond motifs is 2. The van der Waals surface area contributed by atoms with Crippen LogP contribution >= 0.6 is 0 Å². The van der Waals surface area contributed by atoms with Gasteiger partial charge < -0.3 is 4.42 Å². The Kier molecular flexibility index (Phi) is 5.00. The lowest BCUT2D eigenvalue weighted by Crippen LogP contribution is -2.41. The molecule has 3 aromatic rings. The average Bonchev–Trinajstić information content (AvgIpc) is 3.45. The second kappa shape index (κ2) is 8.01. The molecule has 0 radical (unpaired) electrons. The summed E-state index contributed by atoms with van der Waals surface area (Å²) in [5, 5.41) is 0. The molecule has 6 nitrogen and oxygen atoms in total. The normalized spacial score (nSPS) is 20.4. The summed E-state index contributed by atoms with van der Waals surface area (Å²) in [5.41, 5.74) is 3.65. The van der Waals surface area contributed by atoms with Crippen molar-refractivity contribution < 1.29 is 4.42 Å². The molecule has 0 saturated carbocycles. The van der Waals surface area contributed by atoms with Crippen LogP contribution in [0.4, 0.5) is 0 Å². The molecular formula is C26H30N4O2. The van der Waals surface area contributed by atoms with Crippen molar-refractivity contribution in [2.24, 2.45) is 5.41 Å². The number of aromatic nitrogens is 2. The van der Waals surface area contributed by atoms with E-state index < -0.39 is 0 Å². The van der Waals surface area contributed by atoms with Gasteiger partial charge in [-0.3, -0.25) is 19.2 Å². The minimum Gasteiger partial charge on any atom is -0.468 e. The van der Waals surface area contributed by atoms with Gasteiger partial charge in [0, 0.05) is 39.0 Å². The monoisotopic (exact) mass is 430 g/mol. The van der Waals surface area contributed by atoms with E-state index in [4.69, 9.17) is 9.40 Å². The van der Waals surface area contributed by atoms with Crippen LogP contribution in [0.25, 0.3) is 0 Å². The fourth-order valence-corrected chi connectivity index (χ4v) is 5.76. The van der Waals surface area contributed by atoms with Crippen LogP contribution in [0.1, 0.15) is 41.2 Å². The van der Waals surface area contributed by atoms with Crippen molar-refractivity contribution in [3.8, 4) is 0 Å². The van der Waals surface area contributed by atoms with Gasteiger partial charge in [0.2, 0.25) is 0 Å². The molecule has 1 aromatic carbocycles. The number of hydrogen-bond acceptors (Lipinski definition) is 5. The zero-order valence-electron chi connectivity index (χ0n) is 18.5. The summed E-state index contributed by atoms with van der Waals surface area (Å²) in [6, 6.07) is 14.5. The van der Waals surface area contributed by atoms with Crippen molar-refractivity contribution in [1.29, 1.82) is 0 Å². The lowest BCUT2D eigenvalue weighted by molar-refractivity contribution is 0.0928. The summed E-state index contributed by atoms with van der Waals surface area (Å²) < 4.78 is 7.53. The number of nitrogens with zero attached hydrogens (tertiary/aromatic N) is 4. The van der Waals surface area contributed by atoms with E-state index in [1.807, 2.05) is 22.8 Å². The van der Waals surface area contributed by atoms with Crippen molar-refractivity contribution in [2.75, 3.05) is 19.6 Å². The van der Waals surface area contributed by atoms with Gasteiger partial charge >= 0.3 is 0 Å². The lowest BCUT2D eigenvalue weighted by Gasteiger charge is -2.38. The fourth-order valence-electron chi connectivity index (χ4n) is 5.76. The number of benzene rings is 1. The Balaban J connectivity index is 1.16. The molecule has 5 heterocycles. The van der Waals surface area contributed by atoms with Gasteiger partial charge in [-0.2, -0.15) is 0 Å². The van der Waals surface area contributed by atoms with E-state index in [0.29, 0.717) is 6.54 Å². The molecule has 0 bridgehead atoms. The average molecular weight is 431 g/mol. The van der Waals surface area contributed by atoms with Gasteiger partial charge in [-0.05, 0) is 49.0 Å². The highest BCUT2D eigenvalue weighted by molar-refractivity contribution is 5.25. The highest BCUT2D eigenvalue weighted by Gasteiger charge is 2.42. The molecule has 0 atom stereocenters. The lowest BCUT2D eigenvalue weighted by atomic mass is 9.77. The Morgan fingerprint density at radius 2 is 1.81 bits per heavy atom. The molecule has 0 unspecified atom stereocenters. The minimum absolute atomic E-state index is 0.187. The van der Waals surface area contributed by atoms with Crippen molar-refractivity contribution in [3.05, 3.63) is 87.5 Å². The standard InChI is InChI=1S/C26H30N4O2/c31-25-22-18-29(16-20-5-2-1-3-6-20)11-8-23(22)27-24-15-26(19-30(24)25)9-12-28(13-10-26)17-21-7-4-14-32-21/h1-7,14H,8-13,15-19H2. The topological polar surface area (TPSA) is 54.5 Å². The highest BCUT2D eigenvalue weighted by atomic mass is 16.3. The first-order valence-electron chi connectivity index (χ1n) is 11.8. The fraction of sp³-hybridized carbons (Fsp3) is 0.462. The zero-order valence-corrected chi connectivity index (χ0v) is 18.5. The molecule has 0 amide bonds. The van der Waals surface area contributed by atoms with Crippen LogP contribution in [0.5, 0.6) is 0 Å². The zero-order chi connectivity index (χ0) is 21.5. The maximum Gasteiger partial charge on any atom is 0.258 e. The van der Waals surface area contributed by atoms with Gasteiger partial charge in [-0.1, -0.05) is 30.3 Å². The van der Waals surface area contributed by atoms with Crippen LogP contribution in [0.2, 0.25) is 0 Å². The van der Waals surface area contributed by atoms with Crippen LogP contribution in [-0.2, 0) is 39.0 Å². The van der Waals surface area contributed by atoms with Crippen LogP contribution in [-0.4, -0.2) is 39.0 Å². The summed E-state index contributed by atoms with van der Waals surface area (Å²) in [6.07, 6.45) is 5.78. The van der Waals surface area contributed by atoms with Crippen molar-refractivity contribution in [2.45, 2.75) is 51.9 Å². The van der Waals surface area contributed by atoms with Crippen molar-refractivity contribution in [1.82, 2.24) is 19.4 Å². The Morgan fingerprint density at radius 3 is 2.59 bits per heavy atom. The maximum atomic E-state index is 13.5. The Hall–Kier alpha value is -2.70. The molecule has 166 valence electrons. The van der Waals surface area contributed by atoms with E-state index in [1.54, 1.807) is 6.26 Å². The van der Waals surface area contributed by atoms with Crippen LogP contribution in [0, 0.1) is 5.41 Å². The number of likely N-dealkylation sites (tertiary alicyclic amines) is 1. The summed E-state index contributed by atoms with van der Waals surface area (Å²) in [6.45, 7) is 6.36. The number of rotatable bonds is 4. The third kappa shape index (κ3) is 3.71. The van der Waals surface area contributed by atoms with Gasteiger partial charge in [-0.25, -0.2) is 4.98 Å². The first kappa shape index (κ1) is 19.9. The molecule has 0 N–H and O–H groups in total. The molecule has 3 aliphatic rings. The largest absolute Gasteiger partial charge is 0.468 e. The molecule has 3 aliphatic heterocycles. The molecule has 32 heavy (non-hydrogen) atoms. The molecule has 2 aromatic heterocycles. The minimum atomic E-state index is 0.187. The summed E-state index contributed by atoms with van der Waals surface area (Å²) in [5.74, 6) is 2.05. The van der Waals surface area contributed by atoms with E-state index in [-0.39, 0.29) is 11.0 Å². The molecule has 6 rings (SSSR count). The third-order valence-corrected chi connectivity index (χ3v) is 7.63. The molecule has 0 aliphatic carbocycles. The molecule has 6 heteroatoms. The molecule has 1 spiro atoms. The van der Waals surface area contributed by atoms with E-state index in [1.165, 1.54) is 5.56 Å². The van der Waals surface area contributed by atoms with E-state index in [0.717, 1.165) is 87.8 Å². The summed E-state index contributed by atoms with van der Waals surface area (Å²) in [4.78, 5) is 23.4. The first-order chi connectivity index (χ1) is 15.7. The maximum absolute atomic E-state index is 13.5. The van der Waals surface area contributed by atoms with Gasteiger partial charge in [0.25, 0.3) is 5.56 Å². The van der Waals surface area contributed by atoms with E-state index in [2.05, 4.69) is 34.1 Å². The Morgan fingerprint density at radius 1 is 0.969 bits per heavy atom. The van der Waals surface area contributed by atoms with Gasteiger partial charge in [0.05, 0.1) is 24.1 Å². The van der Waals surface area contributed by atoms with Crippen LogP contribution < -0.4 is 5.56 Å². The van der Waals surface area contributed by atoms with Gasteiger partial charge in [0.15, 0.2) is 0 Å². The Labute approximate surface area is 188 Å². The number of hydrogen-bond donors (Lipinski definition) is 0. The predicted octanol–water partition coefficient (Wildman–Crippen LogP) is 3.23. The third-order valence-electron chi connectivity index (χ3n) is 7.63. The molecule has 1 fully saturated rings. The highest BCUT2D eigenvalue weighted by Crippen LogP contribution is 2.41. The van der Waals surface area contributed by atoms with Gasteiger partial charge in [0.1, 0.15) is 11.6 Å². The van der Waals surface area contributed by atoms with Crippen LogP contribution in [0.15, 0.2) is 57.9 Å².